The van der Waals surface area contributed by atoms with Crippen molar-refractivity contribution < 1.29 is 47.5 Å². The minimum Gasteiger partial charge on any atom is -0.394 e. The summed E-state index contributed by atoms with van der Waals surface area (Å²) in [5.41, 5.74) is 0.00867. The van der Waals surface area contributed by atoms with E-state index in [-0.39, 0.29) is 46.6 Å². The Kier molecular flexibility index (Phi) is 9.58. The van der Waals surface area contributed by atoms with Gasteiger partial charge < -0.3 is 34.4 Å². The molecule has 5 rings (SSSR count). The molecule has 3 heterocycles. The van der Waals surface area contributed by atoms with Crippen molar-refractivity contribution in [3.8, 4) is 11.3 Å². The van der Waals surface area contributed by atoms with Crippen molar-refractivity contribution in [2.45, 2.75) is 49.0 Å². The van der Waals surface area contributed by atoms with Gasteiger partial charge in [-0.2, -0.15) is 0 Å². The Morgan fingerprint density at radius 3 is 2.42 bits per heavy atom. The van der Waals surface area contributed by atoms with E-state index in [9.17, 15) is 33.3 Å². The van der Waals surface area contributed by atoms with Gasteiger partial charge in [0.05, 0.1) is 31.6 Å². The molecule has 2 fully saturated rings. The first-order chi connectivity index (χ1) is 20.5. The first-order valence-electron chi connectivity index (χ1n) is 13.1. The van der Waals surface area contributed by atoms with E-state index < -0.39 is 72.6 Å². The largest absolute Gasteiger partial charge is 0.394 e. The number of carbonyl (C=O) groups is 1. The number of aliphatic hydroxyl groups excluding tert-OH is 3. The predicted octanol–water partition coefficient (Wildman–Crippen LogP) is 2.53. The standard InChI is InChI=1S/C27H27Cl2F3N4O7/c1-41-25-23(35-9-18(33-34-35)12-4-16(30)22(32)17(31)5-12)24(39)21(10-37)43-26(25)27(40)36(19-11-42-3-2-20(19)38)15-7-13(28)6-14(29)8-15/h4-9,19-21,23-26,37-39H,2-3,10-11H2,1H3/t19-,20-,21?,23?,24?,25?,26?/m0/s1. The fourth-order valence-corrected chi connectivity index (χ4v) is 5.89. The highest BCUT2D eigenvalue weighted by Crippen LogP contribution is 2.36. The van der Waals surface area contributed by atoms with E-state index in [0.29, 0.717) is 0 Å². The van der Waals surface area contributed by atoms with Crippen LogP contribution in [0.4, 0.5) is 18.9 Å². The Balaban J connectivity index is 1.55. The summed E-state index contributed by atoms with van der Waals surface area (Å²) >= 11 is 12.5. The summed E-state index contributed by atoms with van der Waals surface area (Å²) in [6.07, 6.45) is -5.15. The van der Waals surface area contributed by atoms with Gasteiger partial charge in [-0.05, 0) is 36.8 Å². The highest BCUT2D eigenvalue weighted by atomic mass is 35.5. The van der Waals surface area contributed by atoms with Crippen LogP contribution < -0.4 is 4.90 Å². The van der Waals surface area contributed by atoms with Crippen molar-refractivity contribution >= 4 is 34.8 Å². The zero-order valence-corrected chi connectivity index (χ0v) is 24.0. The summed E-state index contributed by atoms with van der Waals surface area (Å²) in [4.78, 5) is 15.6. The van der Waals surface area contributed by atoms with Gasteiger partial charge in [0.15, 0.2) is 23.6 Å². The Hall–Kier alpha value is -2.82. The maximum Gasteiger partial charge on any atom is 0.259 e. The van der Waals surface area contributed by atoms with Crippen LogP contribution in [0.2, 0.25) is 10.0 Å². The molecule has 0 aliphatic carbocycles. The van der Waals surface area contributed by atoms with Crippen LogP contribution in [0.1, 0.15) is 12.5 Å². The monoisotopic (exact) mass is 646 g/mol. The average molecular weight is 647 g/mol. The number of ether oxygens (including phenoxy) is 3. The minimum atomic E-state index is -1.65. The van der Waals surface area contributed by atoms with Crippen LogP contribution in [0.5, 0.6) is 0 Å². The van der Waals surface area contributed by atoms with Gasteiger partial charge in [-0.1, -0.05) is 28.4 Å². The van der Waals surface area contributed by atoms with Gasteiger partial charge in [-0.3, -0.25) is 4.79 Å². The topological polar surface area (TPSA) is 139 Å². The van der Waals surface area contributed by atoms with Crippen molar-refractivity contribution in [3.05, 3.63) is 64.0 Å². The maximum absolute atomic E-state index is 14.4. The van der Waals surface area contributed by atoms with Gasteiger partial charge in [0.25, 0.3) is 5.91 Å². The molecule has 232 valence electrons. The zero-order chi connectivity index (χ0) is 31.0. The molecule has 7 atom stereocenters. The molecule has 0 radical (unpaired) electrons. The van der Waals surface area contributed by atoms with Gasteiger partial charge >= 0.3 is 0 Å². The SMILES string of the molecule is COC1C(C(=O)N(c2cc(Cl)cc(Cl)c2)[C@H]2COCC[C@@H]2O)OC(CO)C(O)C1n1cc(-c2cc(F)c(F)c(F)c2)nn1. The number of methoxy groups -OCH3 is 1. The molecule has 2 saturated heterocycles. The number of amides is 1. The van der Waals surface area contributed by atoms with Gasteiger partial charge in [-0.15, -0.1) is 5.10 Å². The molecular formula is C27H27Cl2F3N4O7. The van der Waals surface area contributed by atoms with E-state index in [1.807, 2.05) is 0 Å². The maximum atomic E-state index is 14.4. The van der Waals surface area contributed by atoms with Gasteiger partial charge in [0.2, 0.25) is 0 Å². The molecule has 1 amide bonds. The summed E-state index contributed by atoms with van der Waals surface area (Å²) in [7, 11) is 1.26. The highest BCUT2D eigenvalue weighted by Gasteiger charge is 2.52. The molecule has 0 bridgehead atoms. The van der Waals surface area contributed by atoms with Gasteiger partial charge in [0.1, 0.15) is 30.0 Å². The number of aliphatic hydroxyl groups is 3. The third kappa shape index (κ3) is 6.24. The lowest BCUT2D eigenvalue weighted by molar-refractivity contribution is -0.211. The third-order valence-corrected chi connectivity index (χ3v) is 7.90. The summed E-state index contributed by atoms with van der Waals surface area (Å²) < 4.78 is 59.5. The summed E-state index contributed by atoms with van der Waals surface area (Å²) in [6.45, 7) is -0.478. The predicted molar refractivity (Wildman–Crippen MR) is 146 cm³/mol. The van der Waals surface area contributed by atoms with Gasteiger partial charge in [0, 0.05) is 35.0 Å². The number of rotatable bonds is 7. The average Bonchev–Trinajstić information content (AvgIpc) is 3.45. The molecule has 2 aliphatic heterocycles. The fourth-order valence-electron chi connectivity index (χ4n) is 5.37. The number of hydrogen-bond donors (Lipinski definition) is 3. The lowest BCUT2D eigenvalue weighted by Crippen LogP contribution is -2.64. The fraction of sp³-hybridized carbons (Fsp3) is 0.444. The van der Waals surface area contributed by atoms with E-state index in [1.165, 1.54) is 36.4 Å². The van der Waals surface area contributed by atoms with Crippen LogP contribution in [0, 0.1) is 17.5 Å². The Labute approximate surface area is 253 Å². The van der Waals surface area contributed by atoms with E-state index in [1.54, 1.807) is 0 Å². The molecule has 3 aromatic rings. The number of nitrogens with zero attached hydrogens (tertiary/aromatic N) is 4. The molecule has 43 heavy (non-hydrogen) atoms. The first-order valence-corrected chi connectivity index (χ1v) is 13.9. The lowest BCUT2D eigenvalue weighted by atomic mass is 9.91. The molecule has 1 aromatic heterocycles. The van der Waals surface area contributed by atoms with Crippen LogP contribution in [0.3, 0.4) is 0 Å². The third-order valence-electron chi connectivity index (χ3n) is 7.46. The van der Waals surface area contributed by atoms with E-state index >= 15 is 0 Å². The molecule has 2 aromatic carbocycles. The highest BCUT2D eigenvalue weighted by molar-refractivity contribution is 6.35. The molecular weight excluding hydrogens is 620 g/mol. The number of anilines is 1. The summed E-state index contributed by atoms with van der Waals surface area (Å²) in [5, 5.41) is 40.4. The Morgan fingerprint density at radius 1 is 1.14 bits per heavy atom. The van der Waals surface area contributed by atoms with Crippen molar-refractivity contribution in [3.63, 3.8) is 0 Å². The second-order valence-corrected chi connectivity index (χ2v) is 11.0. The first kappa shape index (κ1) is 31.6. The Bertz CT molecular complexity index is 1440. The van der Waals surface area contributed by atoms with E-state index in [4.69, 9.17) is 37.4 Å². The number of benzene rings is 2. The van der Waals surface area contributed by atoms with Crippen LogP contribution in [-0.2, 0) is 19.0 Å². The van der Waals surface area contributed by atoms with Gasteiger partial charge in [-0.25, -0.2) is 17.9 Å². The second kappa shape index (κ2) is 13.0. The van der Waals surface area contributed by atoms with Crippen LogP contribution >= 0.6 is 23.2 Å². The van der Waals surface area contributed by atoms with Crippen molar-refractivity contribution in [2.75, 3.05) is 31.8 Å². The van der Waals surface area contributed by atoms with Crippen molar-refractivity contribution in [2.24, 2.45) is 0 Å². The van der Waals surface area contributed by atoms with Crippen LogP contribution in [-0.4, -0.2) is 99.7 Å². The molecule has 3 N–H and O–H groups in total. The van der Waals surface area contributed by atoms with Crippen molar-refractivity contribution in [1.82, 2.24) is 15.0 Å². The molecule has 0 saturated carbocycles. The quantitative estimate of drug-likeness (QED) is 0.331. The molecule has 11 nitrogen and oxygen atoms in total. The number of carbonyl (C=O) groups excluding carboxylic acids is 1. The summed E-state index contributed by atoms with van der Waals surface area (Å²) in [6, 6.07) is 3.75. The van der Waals surface area contributed by atoms with Crippen LogP contribution in [0.15, 0.2) is 36.5 Å². The lowest BCUT2D eigenvalue weighted by Gasteiger charge is -2.46. The van der Waals surface area contributed by atoms with E-state index in [2.05, 4.69) is 10.3 Å². The normalized spacial score (nSPS) is 27.7. The molecule has 2 aliphatic rings. The zero-order valence-electron chi connectivity index (χ0n) is 22.5. The number of aromatic nitrogens is 3. The number of halogens is 5. The Morgan fingerprint density at radius 2 is 1.81 bits per heavy atom. The van der Waals surface area contributed by atoms with E-state index in [0.717, 1.165) is 16.8 Å². The smallest absolute Gasteiger partial charge is 0.259 e. The van der Waals surface area contributed by atoms with Crippen LogP contribution in [0.25, 0.3) is 11.3 Å². The second-order valence-electron chi connectivity index (χ2n) is 10.1. The molecule has 5 unspecified atom stereocenters. The summed E-state index contributed by atoms with van der Waals surface area (Å²) in [5.74, 6) is -5.27. The molecule has 0 spiro atoms. The number of hydrogen-bond acceptors (Lipinski definition) is 9. The molecule has 16 heteroatoms. The minimum absolute atomic E-state index is 0.0336. The van der Waals surface area contributed by atoms with Crippen molar-refractivity contribution in [1.29, 1.82) is 0 Å².